The summed E-state index contributed by atoms with van der Waals surface area (Å²) in [5.74, 6) is -0.171. The molecule has 106 valence electrons. The van der Waals surface area contributed by atoms with E-state index >= 15 is 0 Å². The van der Waals surface area contributed by atoms with Gasteiger partial charge in [0.05, 0.1) is 10.7 Å². The maximum absolute atomic E-state index is 12.4. The molecular weight excluding hydrogens is 278 g/mol. The van der Waals surface area contributed by atoms with Gasteiger partial charge in [0.25, 0.3) is 5.56 Å². The summed E-state index contributed by atoms with van der Waals surface area (Å²) >= 11 is 5.88. The molecule has 0 aromatic carbocycles. The Kier molecular flexibility index (Phi) is 4.39. The summed E-state index contributed by atoms with van der Waals surface area (Å²) in [6.07, 6.45) is 3.61. The molecular formula is C14H16ClN3O2. The molecule has 0 fully saturated rings. The summed E-state index contributed by atoms with van der Waals surface area (Å²) in [5.41, 5.74) is 0.899. The zero-order valence-corrected chi connectivity index (χ0v) is 12.2. The minimum atomic E-state index is -0.320. The van der Waals surface area contributed by atoms with Gasteiger partial charge in [-0.15, -0.1) is 0 Å². The number of carbonyl (C=O) groups excluding carboxylic acids is 1. The third kappa shape index (κ3) is 2.99. The largest absolute Gasteiger partial charge is 0.320 e. The van der Waals surface area contributed by atoms with Crippen molar-refractivity contribution < 1.29 is 4.79 Å². The molecule has 1 N–H and O–H groups in total. The van der Waals surface area contributed by atoms with E-state index < -0.39 is 0 Å². The van der Waals surface area contributed by atoms with Crippen molar-refractivity contribution in [2.45, 2.75) is 33.1 Å². The molecule has 2 heterocycles. The lowest BCUT2D eigenvalue weighted by molar-refractivity contribution is -0.116. The first-order valence-corrected chi connectivity index (χ1v) is 6.89. The molecule has 2 rings (SSSR count). The van der Waals surface area contributed by atoms with Crippen molar-refractivity contribution in [2.24, 2.45) is 0 Å². The highest BCUT2D eigenvalue weighted by Gasteiger charge is 2.12. The van der Waals surface area contributed by atoms with Crippen LogP contribution < -0.4 is 10.9 Å². The van der Waals surface area contributed by atoms with E-state index in [0.29, 0.717) is 22.8 Å². The topological polar surface area (TPSA) is 63.5 Å². The summed E-state index contributed by atoms with van der Waals surface area (Å²) in [6.45, 7) is 3.71. The molecule has 0 aliphatic carbocycles. The highest BCUT2D eigenvalue weighted by atomic mass is 35.5. The van der Waals surface area contributed by atoms with Gasteiger partial charge in [0.2, 0.25) is 5.91 Å². The average Bonchev–Trinajstić information content (AvgIpc) is 2.42. The Balaban J connectivity index is 2.43. The zero-order valence-electron chi connectivity index (χ0n) is 11.4. The van der Waals surface area contributed by atoms with Crippen LogP contribution in [-0.4, -0.2) is 15.3 Å². The minimum Gasteiger partial charge on any atom is -0.320 e. The van der Waals surface area contributed by atoms with Crippen molar-refractivity contribution in [3.8, 4) is 0 Å². The molecule has 0 spiro atoms. The molecule has 20 heavy (non-hydrogen) atoms. The molecule has 5 nitrogen and oxygen atoms in total. The summed E-state index contributed by atoms with van der Waals surface area (Å²) in [7, 11) is 0. The molecule has 0 unspecified atom stereocenters. The normalized spacial score (nSPS) is 10.8. The van der Waals surface area contributed by atoms with E-state index in [0.717, 1.165) is 12.8 Å². The van der Waals surface area contributed by atoms with Crippen molar-refractivity contribution in [3.05, 3.63) is 39.4 Å². The fourth-order valence-corrected chi connectivity index (χ4v) is 2.07. The van der Waals surface area contributed by atoms with Crippen LogP contribution in [0.4, 0.5) is 5.69 Å². The summed E-state index contributed by atoms with van der Waals surface area (Å²) in [4.78, 5) is 28.4. The number of hydrogen-bond donors (Lipinski definition) is 1. The summed E-state index contributed by atoms with van der Waals surface area (Å²) in [5, 5.41) is 3.09. The van der Waals surface area contributed by atoms with Crippen molar-refractivity contribution in [1.82, 2.24) is 9.38 Å². The quantitative estimate of drug-likeness (QED) is 0.943. The van der Waals surface area contributed by atoms with E-state index in [2.05, 4.69) is 10.3 Å². The second kappa shape index (κ2) is 6.05. The predicted octanol–water partition coefficient (Wildman–Crippen LogP) is 2.79. The Labute approximate surface area is 121 Å². The molecule has 0 saturated heterocycles. The van der Waals surface area contributed by atoms with Gasteiger partial charge < -0.3 is 5.32 Å². The fraction of sp³-hybridized carbons (Fsp3) is 0.357. The molecule has 2 aromatic rings. The Morgan fingerprint density at radius 2 is 2.20 bits per heavy atom. The molecule has 0 atom stereocenters. The Hall–Kier alpha value is -1.88. The number of nitrogens with zero attached hydrogens (tertiary/aromatic N) is 2. The Morgan fingerprint density at radius 1 is 1.45 bits per heavy atom. The van der Waals surface area contributed by atoms with Crippen LogP contribution in [0.25, 0.3) is 5.65 Å². The number of halogens is 1. The van der Waals surface area contributed by atoms with Crippen LogP contribution in [0.1, 0.15) is 31.9 Å². The van der Waals surface area contributed by atoms with E-state index in [1.165, 1.54) is 10.6 Å². The van der Waals surface area contributed by atoms with Gasteiger partial charge in [-0.05, 0) is 25.5 Å². The maximum Gasteiger partial charge on any atom is 0.281 e. The van der Waals surface area contributed by atoms with Crippen LogP contribution in [0.15, 0.2) is 23.1 Å². The van der Waals surface area contributed by atoms with Gasteiger partial charge in [-0.3, -0.25) is 14.0 Å². The molecule has 0 saturated carbocycles. The number of hydrogen-bond acceptors (Lipinski definition) is 3. The monoisotopic (exact) mass is 293 g/mol. The van der Waals surface area contributed by atoms with Gasteiger partial charge in [-0.25, -0.2) is 4.98 Å². The molecule has 1 amide bonds. The lowest BCUT2D eigenvalue weighted by Gasteiger charge is -2.09. The maximum atomic E-state index is 12.4. The molecule has 0 aliphatic heterocycles. The van der Waals surface area contributed by atoms with Crippen LogP contribution in [0.3, 0.4) is 0 Å². The molecule has 0 aliphatic rings. The number of carbonyl (C=O) groups is 1. The van der Waals surface area contributed by atoms with Gasteiger partial charge in [-0.2, -0.15) is 0 Å². The molecule has 0 bridgehead atoms. The highest BCUT2D eigenvalue weighted by molar-refractivity contribution is 6.30. The van der Waals surface area contributed by atoms with E-state index in [1.807, 2.05) is 6.92 Å². The Morgan fingerprint density at radius 3 is 2.90 bits per heavy atom. The summed E-state index contributed by atoms with van der Waals surface area (Å²) in [6, 6.07) is 3.34. The van der Waals surface area contributed by atoms with Crippen LogP contribution in [-0.2, 0) is 4.79 Å². The number of aromatic nitrogens is 2. The second-order valence-corrected chi connectivity index (χ2v) is 5.04. The lowest BCUT2D eigenvalue weighted by Crippen LogP contribution is -2.24. The van der Waals surface area contributed by atoms with Crippen molar-refractivity contribution in [3.63, 3.8) is 0 Å². The minimum absolute atomic E-state index is 0.171. The van der Waals surface area contributed by atoms with Crippen LogP contribution in [0, 0.1) is 6.92 Å². The average molecular weight is 294 g/mol. The first kappa shape index (κ1) is 14.5. The van der Waals surface area contributed by atoms with Gasteiger partial charge in [0.15, 0.2) is 0 Å². The number of pyridine rings is 1. The number of fused-ring (bicyclic) bond motifs is 1. The van der Waals surface area contributed by atoms with Crippen LogP contribution >= 0.6 is 11.6 Å². The standard InChI is InChI=1S/C14H16ClN3O2/c1-3-4-5-12(19)17-13-9(2)16-11-7-6-10(15)8-18(11)14(13)20/h6-8H,3-5H2,1-2H3,(H,17,19). The van der Waals surface area contributed by atoms with E-state index in [9.17, 15) is 9.59 Å². The zero-order chi connectivity index (χ0) is 14.7. The predicted molar refractivity (Wildman–Crippen MR) is 79.4 cm³/mol. The molecule has 6 heteroatoms. The first-order chi connectivity index (χ1) is 9.52. The van der Waals surface area contributed by atoms with E-state index in [4.69, 9.17) is 11.6 Å². The molecule has 2 aromatic heterocycles. The summed E-state index contributed by atoms with van der Waals surface area (Å²) < 4.78 is 1.34. The van der Waals surface area contributed by atoms with Gasteiger partial charge >= 0.3 is 0 Å². The number of rotatable bonds is 4. The third-order valence-electron chi connectivity index (χ3n) is 2.99. The fourth-order valence-electron chi connectivity index (χ4n) is 1.91. The van der Waals surface area contributed by atoms with E-state index in [1.54, 1.807) is 19.1 Å². The number of unbranched alkanes of at least 4 members (excludes halogenated alkanes) is 1. The van der Waals surface area contributed by atoms with Gasteiger partial charge in [0.1, 0.15) is 11.3 Å². The van der Waals surface area contributed by atoms with Crippen molar-refractivity contribution in [1.29, 1.82) is 0 Å². The number of amides is 1. The number of nitrogens with one attached hydrogen (secondary N) is 1. The van der Waals surface area contributed by atoms with Crippen molar-refractivity contribution in [2.75, 3.05) is 5.32 Å². The smallest absolute Gasteiger partial charge is 0.281 e. The SMILES string of the molecule is CCCCC(=O)Nc1c(C)nc2ccc(Cl)cn2c1=O. The number of aryl methyl sites for hydroxylation is 1. The highest BCUT2D eigenvalue weighted by Crippen LogP contribution is 2.13. The van der Waals surface area contributed by atoms with Crippen LogP contribution in [0.5, 0.6) is 0 Å². The van der Waals surface area contributed by atoms with Gasteiger partial charge in [0, 0.05) is 12.6 Å². The number of anilines is 1. The van der Waals surface area contributed by atoms with Crippen molar-refractivity contribution >= 4 is 28.8 Å². The van der Waals surface area contributed by atoms with Gasteiger partial charge in [-0.1, -0.05) is 24.9 Å². The Bertz CT molecular complexity index is 709. The first-order valence-electron chi connectivity index (χ1n) is 6.51. The lowest BCUT2D eigenvalue weighted by atomic mass is 10.2. The van der Waals surface area contributed by atoms with Crippen LogP contribution in [0.2, 0.25) is 5.02 Å². The molecule has 0 radical (unpaired) electrons. The second-order valence-electron chi connectivity index (χ2n) is 4.60. The van der Waals surface area contributed by atoms with E-state index in [-0.39, 0.29) is 17.2 Å². The third-order valence-corrected chi connectivity index (χ3v) is 3.21.